The maximum atomic E-state index is 6.12. The molecule has 2 N–H and O–H groups in total. The maximum absolute atomic E-state index is 6.12. The molecule has 1 aliphatic heterocycles. The van der Waals surface area contributed by atoms with Crippen LogP contribution in [0.1, 0.15) is 19.4 Å². The van der Waals surface area contributed by atoms with Crippen LogP contribution in [0.2, 0.25) is 0 Å². The van der Waals surface area contributed by atoms with Gasteiger partial charge in [-0.15, -0.1) is 0 Å². The largest absolute Gasteiger partial charge is 0.494 e. The molecule has 0 aliphatic carbocycles. The summed E-state index contributed by atoms with van der Waals surface area (Å²) in [5, 5.41) is 0. The van der Waals surface area contributed by atoms with Gasteiger partial charge in [-0.1, -0.05) is 12.1 Å². The summed E-state index contributed by atoms with van der Waals surface area (Å²) >= 11 is 0. The quantitative estimate of drug-likeness (QED) is 0.864. The Morgan fingerprint density at radius 1 is 1.14 bits per heavy atom. The van der Waals surface area contributed by atoms with E-state index < -0.39 is 0 Å². The van der Waals surface area contributed by atoms with Crippen LogP contribution in [0.3, 0.4) is 0 Å². The van der Waals surface area contributed by atoms with Crippen molar-refractivity contribution in [3.8, 4) is 5.75 Å². The maximum Gasteiger partial charge on any atom is 0.119 e. The van der Waals surface area contributed by atoms with Gasteiger partial charge in [-0.05, 0) is 45.0 Å². The van der Waals surface area contributed by atoms with E-state index in [1.807, 2.05) is 6.92 Å². The van der Waals surface area contributed by atoms with Gasteiger partial charge in [-0.2, -0.15) is 0 Å². The van der Waals surface area contributed by atoms with Gasteiger partial charge in [0.15, 0.2) is 0 Å². The number of likely N-dealkylation sites (N-methyl/N-ethyl adjacent to an activating group) is 1. The minimum absolute atomic E-state index is 0.0361. The second kappa shape index (κ2) is 7.25. The van der Waals surface area contributed by atoms with Crippen LogP contribution < -0.4 is 10.5 Å². The third kappa shape index (κ3) is 4.19. The average Bonchev–Trinajstić information content (AvgIpc) is 2.50. The molecule has 4 heteroatoms. The van der Waals surface area contributed by atoms with Crippen molar-refractivity contribution >= 4 is 0 Å². The first kappa shape index (κ1) is 16.3. The molecule has 1 atom stereocenters. The van der Waals surface area contributed by atoms with Gasteiger partial charge in [-0.3, -0.25) is 4.90 Å². The lowest BCUT2D eigenvalue weighted by Gasteiger charge is -2.45. The highest BCUT2D eigenvalue weighted by Gasteiger charge is 2.32. The first-order valence-corrected chi connectivity index (χ1v) is 7.93. The minimum Gasteiger partial charge on any atom is -0.494 e. The molecule has 118 valence electrons. The molecule has 1 saturated heterocycles. The Bertz CT molecular complexity index is 426. The summed E-state index contributed by atoms with van der Waals surface area (Å²) in [6.45, 7) is 10.1. The van der Waals surface area contributed by atoms with Gasteiger partial charge in [0.05, 0.1) is 6.61 Å². The predicted molar refractivity (Wildman–Crippen MR) is 87.8 cm³/mol. The van der Waals surface area contributed by atoms with Crippen molar-refractivity contribution < 1.29 is 4.74 Å². The first-order valence-electron chi connectivity index (χ1n) is 7.93. The Balaban J connectivity index is 2.03. The Kier molecular flexibility index (Phi) is 5.62. The van der Waals surface area contributed by atoms with E-state index in [1.54, 1.807) is 0 Å². The fourth-order valence-corrected chi connectivity index (χ4v) is 2.97. The number of nitrogens with zero attached hydrogens (tertiary/aromatic N) is 2. The number of benzene rings is 1. The zero-order valence-electron chi connectivity index (χ0n) is 13.6. The van der Waals surface area contributed by atoms with Crippen LogP contribution >= 0.6 is 0 Å². The fourth-order valence-electron chi connectivity index (χ4n) is 2.97. The van der Waals surface area contributed by atoms with E-state index >= 15 is 0 Å². The van der Waals surface area contributed by atoms with E-state index in [4.69, 9.17) is 10.5 Å². The molecule has 1 unspecified atom stereocenters. The minimum atomic E-state index is 0.0361. The number of ether oxygens (including phenoxy) is 1. The Morgan fingerprint density at radius 3 is 2.29 bits per heavy atom. The molecule has 0 bridgehead atoms. The van der Waals surface area contributed by atoms with Crippen molar-refractivity contribution in [2.75, 3.05) is 46.4 Å². The fraction of sp³-hybridized carbons (Fsp3) is 0.647. The van der Waals surface area contributed by atoms with Gasteiger partial charge >= 0.3 is 0 Å². The standard InChI is InChI=1S/C17H29N3O/c1-4-21-16-7-5-15(6-8-16)13-17(2,14-18)20-11-9-19(3)10-12-20/h5-8H,4,9-14,18H2,1-3H3. The lowest BCUT2D eigenvalue weighted by atomic mass is 9.90. The number of hydrogen-bond donors (Lipinski definition) is 1. The summed E-state index contributed by atoms with van der Waals surface area (Å²) in [5.41, 5.74) is 7.48. The van der Waals surface area contributed by atoms with E-state index in [2.05, 4.69) is 48.0 Å². The zero-order chi connectivity index (χ0) is 15.3. The number of piperazine rings is 1. The predicted octanol–water partition coefficient (Wildman–Crippen LogP) is 1.59. The molecule has 2 rings (SSSR count). The van der Waals surface area contributed by atoms with E-state index in [9.17, 15) is 0 Å². The molecule has 1 heterocycles. The van der Waals surface area contributed by atoms with Gasteiger partial charge in [-0.25, -0.2) is 0 Å². The molecule has 21 heavy (non-hydrogen) atoms. The van der Waals surface area contributed by atoms with Crippen LogP contribution in [0, 0.1) is 0 Å². The van der Waals surface area contributed by atoms with Crippen molar-refractivity contribution in [1.82, 2.24) is 9.80 Å². The van der Waals surface area contributed by atoms with Crippen molar-refractivity contribution in [1.29, 1.82) is 0 Å². The second-order valence-corrected chi connectivity index (χ2v) is 6.25. The first-order chi connectivity index (χ1) is 10.1. The third-order valence-corrected chi connectivity index (χ3v) is 4.53. The van der Waals surface area contributed by atoms with Crippen molar-refractivity contribution in [3.05, 3.63) is 29.8 Å². The van der Waals surface area contributed by atoms with Crippen LogP contribution in [0.4, 0.5) is 0 Å². The van der Waals surface area contributed by atoms with Gasteiger partial charge in [0.2, 0.25) is 0 Å². The zero-order valence-corrected chi connectivity index (χ0v) is 13.6. The number of rotatable bonds is 6. The van der Waals surface area contributed by atoms with Crippen LogP contribution in [0.25, 0.3) is 0 Å². The van der Waals surface area contributed by atoms with Crippen LogP contribution in [0.5, 0.6) is 5.75 Å². The normalized spacial score (nSPS) is 20.2. The molecule has 0 amide bonds. The molecule has 4 nitrogen and oxygen atoms in total. The summed E-state index contributed by atoms with van der Waals surface area (Å²) < 4.78 is 5.50. The van der Waals surface area contributed by atoms with E-state index in [0.29, 0.717) is 13.2 Å². The highest BCUT2D eigenvalue weighted by Crippen LogP contribution is 2.23. The molecule has 1 aromatic carbocycles. The summed E-state index contributed by atoms with van der Waals surface area (Å²) in [7, 11) is 2.18. The van der Waals surface area contributed by atoms with Gasteiger partial charge in [0, 0.05) is 38.3 Å². The molecule has 0 radical (unpaired) electrons. The van der Waals surface area contributed by atoms with Crippen molar-refractivity contribution in [3.63, 3.8) is 0 Å². The molecular formula is C17H29N3O. The van der Waals surface area contributed by atoms with Crippen LogP contribution in [-0.4, -0.2) is 61.7 Å². The second-order valence-electron chi connectivity index (χ2n) is 6.25. The van der Waals surface area contributed by atoms with E-state index in [1.165, 1.54) is 5.56 Å². The molecule has 1 fully saturated rings. The molecular weight excluding hydrogens is 262 g/mol. The van der Waals surface area contributed by atoms with Crippen LogP contribution in [-0.2, 0) is 6.42 Å². The Labute approximate surface area is 128 Å². The molecule has 1 aromatic rings. The van der Waals surface area contributed by atoms with Gasteiger partial charge in [0.25, 0.3) is 0 Å². The lowest BCUT2D eigenvalue weighted by molar-refractivity contribution is 0.0559. The average molecular weight is 291 g/mol. The van der Waals surface area contributed by atoms with Crippen molar-refractivity contribution in [2.45, 2.75) is 25.8 Å². The third-order valence-electron chi connectivity index (χ3n) is 4.53. The molecule has 1 aliphatic rings. The van der Waals surface area contributed by atoms with Gasteiger partial charge < -0.3 is 15.4 Å². The molecule has 0 aromatic heterocycles. The number of nitrogens with two attached hydrogens (primary N) is 1. The van der Waals surface area contributed by atoms with Crippen molar-refractivity contribution in [2.24, 2.45) is 5.73 Å². The van der Waals surface area contributed by atoms with Crippen LogP contribution in [0.15, 0.2) is 24.3 Å². The Morgan fingerprint density at radius 2 is 1.76 bits per heavy atom. The SMILES string of the molecule is CCOc1ccc(CC(C)(CN)N2CCN(C)CC2)cc1. The summed E-state index contributed by atoms with van der Waals surface area (Å²) in [4.78, 5) is 4.92. The van der Waals surface area contributed by atoms with Gasteiger partial charge in [0.1, 0.15) is 5.75 Å². The Hall–Kier alpha value is -1.10. The highest BCUT2D eigenvalue weighted by atomic mass is 16.5. The monoisotopic (exact) mass is 291 g/mol. The summed E-state index contributed by atoms with van der Waals surface area (Å²) in [6.07, 6.45) is 0.986. The molecule has 0 spiro atoms. The van der Waals surface area contributed by atoms with E-state index in [-0.39, 0.29) is 5.54 Å². The van der Waals surface area contributed by atoms with E-state index in [0.717, 1.165) is 38.3 Å². The smallest absolute Gasteiger partial charge is 0.119 e. The topological polar surface area (TPSA) is 41.7 Å². The summed E-state index contributed by atoms with van der Waals surface area (Å²) in [5.74, 6) is 0.940. The molecule has 0 saturated carbocycles. The summed E-state index contributed by atoms with van der Waals surface area (Å²) in [6, 6.07) is 8.43. The highest BCUT2D eigenvalue weighted by molar-refractivity contribution is 5.28. The number of hydrogen-bond acceptors (Lipinski definition) is 4. The lowest BCUT2D eigenvalue weighted by Crippen LogP contribution is -2.59.